The second-order valence-corrected chi connectivity index (χ2v) is 8.19. The molecule has 3 heterocycles. The fraction of sp³-hybridized carbons (Fsp3) is 0.409. The van der Waals surface area contributed by atoms with E-state index in [1.54, 1.807) is 7.05 Å². The molecule has 0 saturated carbocycles. The summed E-state index contributed by atoms with van der Waals surface area (Å²) in [5, 5.41) is 0. The number of nitrogens with zero attached hydrogens (tertiary/aromatic N) is 5. The molecule has 1 aromatic carbocycles. The lowest BCUT2D eigenvalue weighted by molar-refractivity contribution is 0.248. The van der Waals surface area contributed by atoms with E-state index in [2.05, 4.69) is 52.6 Å². The Bertz CT molecular complexity index is 1190. The standard InChI is InChI=1S/C22H28N6O2/c1-15(2)13-28-18-19(25(4)22(30)24-20(18)29)23-21(28)27-11-9-26(10-12-27)14-17-7-5-16(3)6-8-17/h5-8H,1,9-14H2,2-4H3,(H,24,29,30). The smallest absolute Gasteiger partial charge is 0.329 e. The van der Waals surface area contributed by atoms with Crippen molar-refractivity contribution in [2.75, 3.05) is 31.1 Å². The van der Waals surface area contributed by atoms with E-state index in [1.807, 2.05) is 11.5 Å². The van der Waals surface area contributed by atoms with E-state index < -0.39 is 11.2 Å². The van der Waals surface area contributed by atoms with Gasteiger partial charge < -0.3 is 9.47 Å². The Balaban J connectivity index is 1.60. The van der Waals surface area contributed by atoms with Gasteiger partial charge in [-0.2, -0.15) is 4.98 Å². The zero-order chi connectivity index (χ0) is 21.4. The second kappa shape index (κ2) is 7.95. The van der Waals surface area contributed by atoms with Crippen LogP contribution in [0.1, 0.15) is 18.1 Å². The number of H-pyrrole nitrogens is 1. The van der Waals surface area contributed by atoms with E-state index in [4.69, 9.17) is 4.98 Å². The third-order valence-electron chi connectivity index (χ3n) is 5.60. The van der Waals surface area contributed by atoms with Gasteiger partial charge in [0.15, 0.2) is 11.2 Å². The Morgan fingerprint density at radius 3 is 2.43 bits per heavy atom. The lowest BCUT2D eigenvalue weighted by Crippen LogP contribution is -2.46. The summed E-state index contributed by atoms with van der Waals surface area (Å²) < 4.78 is 3.27. The van der Waals surface area contributed by atoms with Crippen LogP contribution < -0.4 is 16.1 Å². The van der Waals surface area contributed by atoms with Crippen LogP contribution in [-0.4, -0.2) is 50.2 Å². The summed E-state index contributed by atoms with van der Waals surface area (Å²) >= 11 is 0. The minimum atomic E-state index is -0.457. The SMILES string of the molecule is C=C(C)Cn1c(N2CCN(Cc3ccc(C)cc3)CC2)nc2c1c(=O)[nH]c(=O)n2C. The van der Waals surface area contributed by atoms with E-state index in [-0.39, 0.29) is 0 Å². The Hall–Kier alpha value is -3.13. The van der Waals surface area contributed by atoms with Crippen molar-refractivity contribution in [3.05, 3.63) is 68.4 Å². The van der Waals surface area contributed by atoms with Gasteiger partial charge in [0, 0.05) is 46.3 Å². The first kappa shape index (κ1) is 20.2. The predicted octanol–water partition coefficient (Wildman–Crippen LogP) is 1.63. The number of rotatable bonds is 5. The molecule has 1 aliphatic heterocycles. The van der Waals surface area contributed by atoms with Gasteiger partial charge in [-0.1, -0.05) is 42.0 Å². The molecular weight excluding hydrogens is 380 g/mol. The van der Waals surface area contributed by atoms with Crippen molar-refractivity contribution < 1.29 is 0 Å². The van der Waals surface area contributed by atoms with Crippen molar-refractivity contribution in [2.45, 2.75) is 26.9 Å². The maximum absolute atomic E-state index is 12.5. The van der Waals surface area contributed by atoms with Crippen LogP contribution >= 0.6 is 0 Å². The van der Waals surface area contributed by atoms with Crippen LogP contribution in [-0.2, 0) is 20.1 Å². The highest BCUT2D eigenvalue weighted by atomic mass is 16.2. The van der Waals surface area contributed by atoms with Gasteiger partial charge in [-0.15, -0.1) is 0 Å². The number of allylic oxidation sites excluding steroid dienone is 1. The number of imidazole rings is 1. The molecule has 0 spiro atoms. The van der Waals surface area contributed by atoms with Gasteiger partial charge in [-0.25, -0.2) is 4.79 Å². The van der Waals surface area contributed by atoms with Gasteiger partial charge in [-0.05, 0) is 19.4 Å². The molecule has 0 unspecified atom stereocenters. The van der Waals surface area contributed by atoms with Gasteiger partial charge in [0.1, 0.15) is 0 Å². The van der Waals surface area contributed by atoms with Crippen molar-refractivity contribution in [3.8, 4) is 0 Å². The van der Waals surface area contributed by atoms with Crippen molar-refractivity contribution in [1.29, 1.82) is 0 Å². The number of aryl methyl sites for hydroxylation is 2. The highest BCUT2D eigenvalue weighted by Gasteiger charge is 2.25. The quantitative estimate of drug-likeness (QED) is 0.649. The molecule has 8 heteroatoms. The van der Waals surface area contributed by atoms with Crippen molar-refractivity contribution in [2.24, 2.45) is 7.05 Å². The van der Waals surface area contributed by atoms with Gasteiger partial charge in [0.05, 0.1) is 0 Å². The first-order chi connectivity index (χ1) is 14.3. The van der Waals surface area contributed by atoms with Gasteiger partial charge >= 0.3 is 5.69 Å². The number of hydrogen-bond donors (Lipinski definition) is 1. The minimum Gasteiger partial charge on any atom is -0.340 e. The fourth-order valence-electron chi connectivity index (χ4n) is 3.94. The molecule has 1 fully saturated rings. The Labute approximate surface area is 175 Å². The topological polar surface area (TPSA) is 79.2 Å². The maximum atomic E-state index is 12.5. The number of benzene rings is 1. The molecular formula is C22H28N6O2. The van der Waals surface area contributed by atoms with Crippen LogP contribution in [0.2, 0.25) is 0 Å². The van der Waals surface area contributed by atoms with Crippen LogP contribution in [0, 0.1) is 6.92 Å². The predicted molar refractivity (Wildman–Crippen MR) is 119 cm³/mol. The number of hydrogen-bond acceptors (Lipinski definition) is 5. The largest absolute Gasteiger partial charge is 0.340 e. The highest BCUT2D eigenvalue weighted by molar-refractivity contribution is 5.74. The minimum absolute atomic E-state index is 0.405. The molecule has 0 radical (unpaired) electrons. The van der Waals surface area contributed by atoms with E-state index in [1.165, 1.54) is 15.7 Å². The molecule has 1 aliphatic rings. The first-order valence-electron chi connectivity index (χ1n) is 10.2. The zero-order valence-corrected chi connectivity index (χ0v) is 17.8. The van der Waals surface area contributed by atoms with E-state index in [0.29, 0.717) is 17.7 Å². The Kier molecular flexibility index (Phi) is 5.34. The van der Waals surface area contributed by atoms with Gasteiger partial charge in [0.2, 0.25) is 5.95 Å². The van der Waals surface area contributed by atoms with Crippen molar-refractivity contribution in [3.63, 3.8) is 0 Å². The molecule has 4 rings (SSSR count). The van der Waals surface area contributed by atoms with Crippen LogP contribution in [0.25, 0.3) is 11.2 Å². The maximum Gasteiger partial charge on any atom is 0.329 e. The van der Waals surface area contributed by atoms with E-state index in [0.717, 1.165) is 44.2 Å². The summed E-state index contributed by atoms with van der Waals surface area (Å²) in [7, 11) is 1.63. The highest BCUT2D eigenvalue weighted by Crippen LogP contribution is 2.22. The normalized spacial score (nSPS) is 15.1. The molecule has 30 heavy (non-hydrogen) atoms. The first-order valence-corrected chi connectivity index (χ1v) is 10.2. The number of anilines is 1. The molecule has 158 valence electrons. The molecule has 3 aromatic rings. The second-order valence-electron chi connectivity index (χ2n) is 8.19. The summed E-state index contributed by atoms with van der Waals surface area (Å²) in [6.07, 6.45) is 0. The molecule has 0 bridgehead atoms. The molecule has 8 nitrogen and oxygen atoms in total. The van der Waals surface area contributed by atoms with E-state index >= 15 is 0 Å². The average molecular weight is 409 g/mol. The molecule has 0 aliphatic carbocycles. The summed E-state index contributed by atoms with van der Waals surface area (Å²) in [6, 6.07) is 8.66. The van der Waals surface area contributed by atoms with Crippen LogP contribution in [0.3, 0.4) is 0 Å². The molecule has 0 atom stereocenters. The van der Waals surface area contributed by atoms with Crippen LogP contribution in [0.15, 0.2) is 46.0 Å². The fourth-order valence-corrected chi connectivity index (χ4v) is 3.94. The summed E-state index contributed by atoms with van der Waals surface area (Å²) in [4.78, 5) is 36.3. The zero-order valence-electron chi connectivity index (χ0n) is 17.8. The average Bonchev–Trinajstić information content (AvgIpc) is 3.08. The monoisotopic (exact) mass is 408 g/mol. The number of nitrogens with one attached hydrogen (secondary N) is 1. The van der Waals surface area contributed by atoms with Gasteiger partial charge in [0.25, 0.3) is 5.56 Å². The molecule has 0 amide bonds. The van der Waals surface area contributed by atoms with Crippen molar-refractivity contribution >= 4 is 17.1 Å². The Morgan fingerprint density at radius 1 is 1.13 bits per heavy atom. The number of piperazine rings is 1. The third-order valence-corrected chi connectivity index (χ3v) is 5.60. The van der Waals surface area contributed by atoms with E-state index in [9.17, 15) is 9.59 Å². The number of aromatic nitrogens is 4. The van der Waals surface area contributed by atoms with Crippen molar-refractivity contribution in [1.82, 2.24) is 24.0 Å². The van der Waals surface area contributed by atoms with Gasteiger partial charge in [-0.3, -0.25) is 19.2 Å². The summed E-state index contributed by atoms with van der Waals surface area (Å²) in [5.41, 5.74) is 3.45. The van der Waals surface area contributed by atoms with Crippen LogP contribution in [0.4, 0.5) is 5.95 Å². The molecule has 1 N–H and O–H groups in total. The summed E-state index contributed by atoms with van der Waals surface area (Å²) in [6.45, 7) is 12.8. The Morgan fingerprint density at radius 2 is 1.80 bits per heavy atom. The lowest BCUT2D eigenvalue weighted by atomic mass is 10.1. The lowest BCUT2D eigenvalue weighted by Gasteiger charge is -2.35. The summed E-state index contributed by atoms with van der Waals surface area (Å²) in [5.74, 6) is 0.717. The number of fused-ring (bicyclic) bond motifs is 1. The molecule has 2 aromatic heterocycles. The third kappa shape index (κ3) is 3.82. The van der Waals surface area contributed by atoms with Crippen LogP contribution in [0.5, 0.6) is 0 Å². The molecule has 1 saturated heterocycles. The number of aromatic amines is 1.